The molecule has 0 saturated carbocycles. The zero-order valence-corrected chi connectivity index (χ0v) is 12.5. The Balaban J connectivity index is 1.95. The van der Waals surface area contributed by atoms with E-state index in [4.69, 9.17) is 5.11 Å². The minimum Gasteiger partial charge on any atom is -0.481 e. The minimum absolute atomic E-state index is 0.0819. The van der Waals surface area contributed by atoms with Gasteiger partial charge in [0.1, 0.15) is 0 Å². The fourth-order valence-corrected chi connectivity index (χ4v) is 2.55. The van der Waals surface area contributed by atoms with Gasteiger partial charge in [-0.3, -0.25) is 4.79 Å². The standard InChI is InChI=1S/C16H22N2O3/c1-11-9-18(10-12(11)2)16(21)17-14-5-3-4-13(8-14)6-7-15(19)20/h3-5,8,11-12H,6-7,9-10H2,1-2H3,(H,17,21)(H,19,20). The summed E-state index contributed by atoms with van der Waals surface area (Å²) in [5.41, 5.74) is 1.63. The topological polar surface area (TPSA) is 69.6 Å². The summed E-state index contributed by atoms with van der Waals surface area (Å²) in [6, 6.07) is 7.29. The molecule has 0 aromatic heterocycles. The summed E-state index contributed by atoms with van der Waals surface area (Å²) in [4.78, 5) is 24.6. The maximum absolute atomic E-state index is 12.2. The molecular weight excluding hydrogens is 268 g/mol. The van der Waals surface area contributed by atoms with Gasteiger partial charge < -0.3 is 15.3 Å². The third kappa shape index (κ3) is 4.21. The second-order valence-corrected chi connectivity index (χ2v) is 5.88. The van der Waals surface area contributed by atoms with Crippen LogP contribution in [0.25, 0.3) is 0 Å². The second-order valence-electron chi connectivity index (χ2n) is 5.88. The molecule has 2 rings (SSSR count). The Morgan fingerprint density at radius 3 is 2.57 bits per heavy atom. The predicted octanol–water partition coefficient (Wildman–Crippen LogP) is 2.82. The van der Waals surface area contributed by atoms with E-state index in [9.17, 15) is 9.59 Å². The van der Waals surface area contributed by atoms with Crippen LogP contribution in [0.4, 0.5) is 10.5 Å². The fourth-order valence-electron chi connectivity index (χ4n) is 2.55. The summed E-state index contributed by atoms with van der Waals surface area (Å²) in [5.74, 6) is 0.236. The van der Waals surface area contributed by atoms with Crippen LogP contribution in [0.2, 0.25) is 0 Å². The average Bonchev–Trinajstić information content (AvgIpc) is 2.77. The average molecular weight is 290 g/mol. The number of aryl methyl sites for hydroxylation is 1. The number of hydrogen-bond donors (Lipinski definition) is 2. The van der Waals surface area contributed by atoms with Crippen molar-refractivity contribution in [1.82, 2.24) is 4.90 Å². The van der Waals surface area contributed by atoms with Gasteiger partial charge in [-0.1, -0.05) is 26.0 Å². The van der Waals surface area contributed by atoms with Crippen LogP contribution in [-0.2, 0) is 11.2 Å². The van der Waals surface area contributed by atoms with Crippen molar-refractivity contribution in [3.63, 3.8) is 0 Å². The highest BCUT2D eigenvalue weighted by Crippen LogP contribution is 2.23. The molecule has 114 valence electrons. The molecular formula is C16H22N2O3. The Hall–Kier alpha value is -2.04. The number of nitrogens with zero attached hydrogens (tertiary/aromatic N) is 1. The molecule has 1 saturated heterocycles. The van der Waals surface area contributed by atoms with Crippen LogP contribution in [-0.4, -0.2) is 35.1 Å². The maximum atomic E-state index is 12.2. The molecule has 0 spiro atoms. The van der Waals surface area contributed by atoms with Crippen molar-refractivity contribution < 1.29 is 14.7 Å². The smallest absolute Gasteiger partial charge is 0.321 e. The van der Waals surface area contributed by atoms with Crippen molar-refractivity contribution in [2.75, 3.05) is 18.4 Å². The number of carbonyl (C=O) groups is 2. The van der Waals surface area contributed by atoms with E-state index in [0.29, 0.717) is 18.3 Å². The van der Waals surface area contributed by atoms with Crippen molar-refractivity contribution in [1.29, 1.82) is 0 Å². The summed E-state index contributed by atoms with van der Waals surface area (Å²) in [6.45, 7) is 5.88. The van der Waals surface area contributed by atoms with Crippen molar-refractivity contribution in [2.45, 2.75) is 26.7 Å². The molecule has 2 unspecified atom stereocenters. The van der Waals surface area contributed by atoms with E-state index in [0.717, 1.165) is 24.3 Å². The highest BCUT2D eigenvalue weighted by Gasteiger charge is 2.29. The SMILES string of the molecule is CC1CN(C(=O)Nc2cccc(CCC(=O)O)c2)CC1C. The van der Waals surface area contributed by atoms with E-state index in [1.165, 1.54) is 0 Å². The summed E-state index contributed by atoms with van der Waals surface area (Å²) in [5, 5.41) is 11.6. The second kappa shape index (κ2) is 6.61. The van der Waals surface area contributed by atoms with E-state index >= 15 is 0 Å². The van der Waals surface area contributed by atoms with Crippen LogP contribution in [0.3, 0.4) is 0 Å². The first-order valence-corrected chi connectivity index (χ1v) is 7.32. The number of urea groups is 1. The Kier molecular flexibility index (Phi) is 4.83. The van der Waals surface area contributed by atoms with Crippen molar-refractivity contribution in [3.05, 3.63) is 29.8 Å². The van der Waals surface area contributed by atoms with Gasteiger partial charge in [-0.05, 0) is 36.0 Å². The van der Waals surface area contributed by atoms with Crippen LogP contribution in [0, 0.1) is 11.8 Å². The summed E-state index contributed by atoms with van der Waals surface area (Å²) in [6.07, 6.45) is 0.565. The number of likely N-dealkylation sites (tertiary alicyclic amines) is 1. The Bertz CT molecular complexity index is 520. The van der Waals surface area contributed by atoms with Gasteiger partial charge in [0.05, 0.1) is 0 Å². The molecule has 0 aliphatic carbocycles. The van der Waals surface area contributed by atoms with E-state index < -0.39 is 5.97 Å². The molecule has 2 amide bonds. The fraction of sp³-hybridized carbons (Fsp3) is 0.500. The third-order valence-electron chi connectivity index (χ3n) is 4.08. The lowest BCUT2D eigenvalue weighted by molar-refractivity contribution is -0.136. The highest BCUT2D eigenvalue weighted by atomic mass is 16.4. The number of carboxylic acid groups (broad SMARTS) is 1. The molecule has 1 fully saturated rings. The van der Waals surface area contributed by atoms with Gasteiger partial charge in [0.2, 0.25) is 0 Å². The summed E-state index contributed by atoms with van der Waals surface area (Å²) >= 11 is 0. The molecule has 0 bridgehead atoms. The number of aliphatic carboxylic acids is 1. The normalized spacial score (nSPS) is 21.3. The Morgan fingerprint density at radius 1 is 1.29 bits per heavy atom. The lowest BCUT2D eigenvalue weighted by Gasteiger charge is -2.17. The molecule has 1 aliphatic rings. The van der Waals surface area contributed by atoms with Crippen LogP contribution in [0.5, 0.6) is 0 Å². The third-order valence-corrected chi connectivity index (χ3v) is 4.08. The monoisotopic (exact) mass is 290 g/mol. The summed E-state index contributed by atoms with van der Waals surface area (Å²) < 4.78 is 0. The molecule has 1 aromatic carbocycles. The molecule has 5 heteroatoms. The zero-order valence-electron chi connectivity index (χ0n) is 12.5. The van der Waals surface area contributed by atoms with Crippen molar-refractivity contribution in [3.8, 4) is 0 Å². The first kappa shape index (κ1) is 15.4. The molecule has 0 radical (unpaired) electrons. The number of hydrogen-bond acceptors (Lipinski definition) is 2. The Morgan fingerprint density at radius 2 is 1.95 bits per heavy atom. The predicted molar refractivity (Wildman–Crippen MR) is 81.3 cm³/mol. The number of carboxylic acids is 1. The molecule has 2 atom stereocenters. The number of carbonyl (C=O) groups excluding carboxylic acids is 1. The lowest BCUT2D eigenvalue weighted by Crippen LogP contribution is -2.33. The van der Waals surface area contributed by atoms with E-state index in [2.05, 4.69) is 19.2 Å². The van der Waals surface area contributed by atoms with Gasteiger partial charge in [0, 0.05) is 25.2 Å². The molecule has 1 aromatic rings. The van der Waals surface area contributed by atoms with Crippen molar-refractivity contribution in [2.24, 2.45) is 11.8 Å². The number of nitrogens with one attached hydrogen (secondary N) is 1. The van der Waals surface area contributed by atoms with Crippen LogP contribution >= 0.6 is 0 Å². The molecule has 2 N–H and O–H groups in total. The lowest BCUT2D eigenvalue weighted by atomic mass is 10.0. The van der Waals surface area contributed by atoms with Crippen LogP contribution < -0.4 is 5.32 Å². The van der Waals surface area contributed by atoms with Crippen LogP contribution in [0.15, 0.2) is 24.3 Å². The number of benzene rings is 1. The van der Waals surface area contributed by atoms with Gasteiger partial charge in [-0.2, -0.15) is 0 Å². The van der Waals surface area contributed by atoms with E-state index in [1.54, 1.807) is 0 Å². The van der Waals surface area contributed by atoms with E-state index in [-0.39, 0.29) is 12.5 Å². The van der Waals surface area contributed by atoms with Gasteiger partial charge >= 0.3 is 12.0 Å². The maximum Gasteiger partial charge on any atom is 0.321 e. The number of amides is 2. The minimum atomic E-state index is -0.815. The summed E-state index contributed by atoms with van der Waals surface area (Å²) in [7, 11) is 0. The van der Waals surface area contributed by atoms with Crippen molar-refractivity contribution >= 4 is 17.7 Å². The molecule has 21 heavy (non-hydrogen) atoms. The molecule has 5 nitrogen and oxygen atoms in total. The Labute approximate surface area is 125 Å². The van der Waals surface area contributed by atoms with Gasteiger partial charge in [-0.15, -0.1) is 0 Å². The quantitative estimate of drug-likeness (QED) is 0.896. The number of anilines is 1. The molecule has 1 aliphatic heterocycles. The first-order valence-electron chi connectivity index (χ1n) is 7.32. The highest BCUT2D eigenvalue weighted by molar-refractivity contribution is 5.89. The van der Waals surface area contributed by atoms with Gasteiger partial charge in [0.25, 0.3) is 0 Å². The van der Waals surface area contributed by atoms with Gasteiger partial charge in [0.15, 0.2) is 0 Å². The van der Waals surface area contributed by atoms with E-state index in [1.807, 2.05) is 29.2 Å². The number of rotatable bonds is 4. The largest absolute Gasteiger partial charge is 0.481 e. The zero-order chi connectivity index (χ0) is 15.4. The van der Waals surface area contributed by atoms with Crippen LogP contribution in [0.1, 0.15) is 25.8 Å². The first-order chi connectivity index (χ1) is 9.95. The van der Waals surface area contributed by atoms with Gasteiger partial charge in [-0.25, -0.2) is 4.79 Å². The molecule has 1 heterocycles.